The zero-order chi connectivity index (χ0) is 18.2. The number of unbranched alkanes of at least 4 members (excludes halogenated alkanes) is 1. The minimum Gasteiger partial charge on any atom is -0.356 e. The smallest absolute Gasteiger partial charge is 0.191 e. The molecule has 0 radical (unpaired) electrons. The van der Waals surface area contributed by atoms with Crippen LogP contribution in [0.25, 0.3) is 0 Å². The van der Waals surface area contributed by atoms with E-state index >= 15 is 0 Å². The van der Waals surface area contributed by atoms with E-state index in [2.05, 4.69) is 32.1 Å². The Morgan fingerprint density at radius 2 is 2.08 bits per heavy atom. The molecule has 1 aromatic heterocycles. The Balaban J connectivity index is 1.74. The van der Waals surface area contributed by atoms with Crippen molar-refractivity contribution in [3.8, 4) is 0 Å². The van der Waals surface area contributed by atoms with Crippen molar-refractivity contribution in [3.05, 3.63) is 52.0 Å². The molecule has 5 nitrogen and oxygen atoms in total. The summed E-state index contributed by atoms with van der Waals surface area (Å²) in [5, 5.41) is 7.83. The summed E-state index contributed by atoms with van der Waals surface area (Å²) in [6, 6.07) is 5.73. The van der Waals surface area contributed by atoms with E-state index in [0.29, 0.717) is 10.0 Å². The molecule has 1 heterocycles. The molecule has 136 valence electrons. The van der Waals surface area contributed by atoms with Gasteiger partial charge >= 0.3 is 0 Å². The lowest BCUT2D eigenvalue weighted by molar-refractivity contribution is 0.585. The highest BCUT2D eigenvalue weighted by Crippen LogP contribution is 2.25. The minimum atomic E-state index is 0.0783. The van der Waals surface area contributed by atoms with E-state index < -0.39 is 0 Å². The number of halogens is 2. The van der Waals surface area contributed by atoms with Gasteiger partial charge in [0.15, 0.2) is 5.96 Å². The Morgan fingerprint density at radius 1 is 1.28 bits per heavy atom. The van der Waals surface area contributed by atoms with Crippen LogP contribution in [0.4, 0.5) is 0 Å². The van der Waals surface area contributed by atoms with Crippen molar-refractivity contribution in [1.82, 2.24) is 20.2 Å². The molecule has 7 heteroatoms. The summed E-state index contributed by atoms with van der Waals surface area (Å²) < 4.78 is 2.17. The normalized spacial score (nSPS) is 12.9. The fraction of sp³-hybridized carbons (Fsp3) is 0.444. The van der Waals surface area contributed by atoms with Gasteiger partial charge in [-0.15, -0.1) is 0 Å². The average Bonchev–Trinajstić information content (AvgIpc) is 3.00. The van der Waals surface area contributed by atoms with Crippen LogP contribution in [-0.2, 0) is 6.54 Å². The van der Waals surface area contributed by atoms with Crippen molar-refractivity contribution in [2.75, 3.05) is 13.6 Å². The highest BCUT2D eigenvalue weighted by molar-refractivity contribution is 6.42. The van der Waals surface area contributed by atoms with E-state index in [9.17, 15) is 0 Å². The molecule has 0 aliphatic rings. The van der Waals surface area contributed by atoms with Gasteiger partial charge < -0.3 is 15.2 Å². The third-order valence-electron chi connectivity index (χ3n) is 4.06. The second-order valence-electron chi connectivity index (χ2n) is 5.91. The first-order valence-corrected chi connectivity index (χ1v) is 9.16. The predicted molar refractivity (Wildman–Crippen MR) is 106 cm³/mol. The van der Waals surface area contributed by atoms with Crippen LogP contribution in [-0.4, -0.2) is 29.1 Å². The number of aliphatic imine (C=N–C) groups is 1. The van der Waals surface area contributed by atoms with Gasteiger partial charge in [0.1, 0.15) is 5.82 Å². The molecule has 2 rings (SSSR count). The number of aromatic nitrogens is 2. The molecule has 0 spiro atoms. The molecular formula is C18H25Cl2N5. The number of nitrogens with zero attached hydrogens (tertiary/aromatic N) is 3. The first-order valence-electron chi connectivity index (χ1n) is 8.41. The molecule has 25 heavy (non-hydrogen) atoms. The molecule has 2 N–H and O–H groups in total. The topological polar surface area (TPSA) is 54.2 Å². The summed E-state index contributed by atoms with van der Waals surface area (Å²) in [5.41, 5.74) is 1.06. The van der Waals surface area contributed by atoms with Gasteiger partial charge in [-0.3, -0.25) is 4.99 Å². The van der Waals surface area contributed by atoms with Gasteiger partial charge in [-0.25, -0.2) is 4.98 Å². The largest absolute Gasteiger partial charge is 0.356 e. The van der Waals surface area contributed by atoms with E-state index in [1.807, 2.05) is 37.5 Å². The summed E-state index contributed by atoms with van der Waals surface area (Å²) in [7, 11) is 1.77. The fourth-order valence-corrected chi connectivity index (χ4v) is 2.83. The lowest BCUT2D eigenvalue weighted by atomic mass is 10.1. The maximum atomic E-state index is 6.09. The maximum Gasteiger partial charge on any atom is 0.191 e. The molecule has 0 aliphatic carbocycles. The number of hydrogen-bond acceptors (Lipinski definition) is 2. The summed E-state index contributed by atoms with van der Waals surface area (Å²) in [6.45, 7) is 5.93. The van der Waals surface area contributed by atoms with Crippen molar-refractivity contribution in [2.24, 2.45) is 4.99 Å². The van der Waals surface area contributed by atoms with Crippen LogP contribution in [0.5, 0.6) is 0 Å². The Morgan fingerprint density at radius 3 is 2.72 bits per heavy atom. The van der Waals surface area contributed by atoms with Gasteiger partial charge in [-0.05, 0) is 44.4 Å². The number of rotatable bonds is 7. The second kappa shape index (κ2) is 9.68. The van der Waals surface area contributed by atoms with Crippen LogP contribution >= 0.6 is 23.2 Å². The van der Waals surface area contributed by atoms with Gasteiger partial charge in [0, 0.05) is 32.5 Å². The summed E-state index contributed by atoms with van der Waals surface area (Å²) in [4.78, 5) is 8.51. The second-order valence-corrected chi connectivity index (χ2v) is 6.73. The lowest BCUT2D eigenvalue weighted by Crippen LogP contribution is -2.39. The molecular weight excluding hydrogens is 357 g/mol. The standard InChI is InChI=1S/C18H25Cl2N5/c1-13(15-6-7-16(19)17(20)12-15)24-18(21-3)23-8-4-5-10-25-11-9-22-14(25)2/h6-7,9,11-13H,4-5,8,10H2,1-3H3,(H2,21,23,24). The van der Waals surface area contributed by atoms with Crippen LogP contribution in [0.1, 0.15) is 37.2 Å². The Labute approximate surface area is 159 Å². The molecule has 1 atom stereocenters. The molecule has 0 aliphatic heterocycles. The first kappa shape index (κ1) is 19.6. The molecule has 2 aromatic rings. The molecule has 1 unspecified atom stereocenters. The predicted octanol–water partition coefficient (Wildman–Crippen LogP) is 4.20. The maximum absolute atomic E-state index is 6.09. The van der Waals surface area contributed by atoms with E-state index in [0.717, 1.165) is 43.3 Å². The van der Waals surface area contributed by atoms with Gasteiger partial charge in [0.25, 0.3) is 0 Å². The minimum absolute atomic E-state index is 0.0783. The van der Waals surface area contributed by atoms with E-state index in [-0.39, 0.29) is 6.04 Å². The van der Waals surface area contributed by atoms with Crippen LogP contribution < -0.4 is 10.6 Å². The van der Waals surface area contributed by atoms with Crippen molar-refractivity contribution < 1.29 is 0 Å². The SMILES string of the molecule is CN=C(NCCCCn1ccnc1C)NC(C)c1ccc(Cl)c(Cl)c1. The molecule has 1 aromatic carbocycles. The van der Waals surface area contributed by atoms with Gasteiger partial charge in [-0.1, -0.05) is 29.3 Å². The Kier molecular flexibility index (Phi) is 7.59. The highest BCUT2D eigenvalue weighted by atomic mass is 35.5. The van der Waals surface area contributed by atoms with E-state index in [1.165, 1.54) is 0 Å². The van der Waals surface area contributed by atoms with Crippen molar-refractivity contribution in [1.29, 1.82) is 0 Å². The van der Waals surface area contributed by atoms with Crippen LogP contribution in [0.15, 0.2) is 35.6 Å². The van der Waals surface area contributed by atoms with Crippen molar-refractivity contribution >= 4 is 29.2 Å². The third kappa shape index (κ3) is 5.94. The molecule has 0 fully saturated rings. The Bertz CT molecular complexity index is 711. The molecule has 0 amide bonds. The number of guanidine groups is 1. The van der Waals surface area contributed by atoms with Gasteiger partial charge in [0.05, 0.1) is 16.1 Å². The number of imidazole rings is 1. The van der Waals surface area contributed by atoms with E-state index in [4.69, 9.17) is 23.2 Å². The van der Waals surface area contributed by atoms with Crippen molar-refractivity contribution in [2.45, 2.75) is 39.3 Å². The van der Waals surface area contributed by atoms with Crippen molar-refractivity contribution in [3.63, 3.8) is 0 Å². The number of benzene rings is 1. The highest BCUT2D eigenvalue weighted by Gasteiger charge is 2.09. The fourth-order valence-electron chi connectivity index (χ4n) is 2.52. The summed E-state index contributed by atoms with van der Waals surface area (Å²) in [5.74, 6) is 1.83. The summed E-state index contributed by atoms with van der Waals surface area (Å²) >= 11 is 12.1. The lowest BCUT2D eigenvalue weighted by Gasteiger charge is -2.18. The monoisotopic (exact) mass is 381 g/mol. The zero-order valence-electron chi connectivity index (χ0n) is 14.9. The van der Waals surface area contributed by atoms with E-state index in [1.54, 1.807) is 7.05 Å². The number of nitrogens with one attached hydrogen (secondary N) is 2. The average molecular weight is 382 g/mol. The number of hydrogen-bond donors (Lipinski definition) is 2. The van der Waals surface area contributed by atoms with Crippen LogP contribution in [0.3, 0.4) is 0 Å². The molecule has 0 saturated heterocycles. The van der Waals surface area contributed by atoms with Gasteiger partial charge in [-0.2, -0.15) is 0 Å². The summed E-state index contributed by atoms with van der Waals surface area (Å²) in [6.07, 6.45) is 5.99. The molecule has 0 saturated carbocycles. The van der Waals surface area contributed by atoms with Crippen LogP contribution in [0, 0.1) is 6.92 Å². The zero-order valence-corrected chi connectivity index (χ0v) is 16.4. The molecule has 0 bridgehead atoms. The number of aryl methyl sites for hydroxylation is 2. The first-order chi connectivity index (χ1) is 12.0. The van der Waals surface area contributed by atoms with Crippen LogP contribution in [0.2, 0.25) is 10.0 Å². The third-order valence-corrected chi connectivity index (χ3v) is 4.80. The Hall–Kier alpha value is -1.72. The van der Waals surface area contributed by atoms with Gasteiger partial charge in [0.2, 0.25) is 0 Å². The quantitative estimate of drug-likeness (QED) is 0.429.